The molecule has 0 saturated heterocycles. The molecule has 0 aliphatic rings. The monoisotopic (exact) mass is 514 g/mol. The Labute approximate surface area is 205 Å². The van der Waals surface area contributed by atoms with Gasteiger partial charge in [-0.3, -0.25) is 19.1 Å². The van der Waals surface area contributed by atoms with Crippen LogP contribution < -0.4 is 17.2 Å². The Hall–Kier alpha value is -4.81. The molecule has 0 fully saturated rings. The van der Waals surface area contributed by atoms with Gasteiger partial charge in [0.25, 0.3) is 5.91 Å². The Morgan fingerprint density at radius 2 is 1.57 bits per heavy atom. The normalized spacial score (nSPS) is 11.6. The van der Waals surface area contributed by atoms with Gasteiger partial charge in [-0.1, -0.05) is 12.1 Å². The van der Waals surface area contributed by atoms with Crippen LogP contribution in [0.4, 0.5) is 17.6 Å². The number of primary amides is 3. The lowest BCUT2D eigenvalue weighted by Crippen LogP contribution is -2.21. The van der Waals surface area contributed by atoms with Gasteiger partial charge in [-0.05, 0) is 36.8 Å². The molecule has 3 amide bonds. The molecule has 0 spiro atoms. The predicted molar refractivity (Wildman–Crippen MR) is 124 cm³/mol. The minimum atomic E-state index is -5.03. The largest absolute Gasteiger partial charge is 0.435 e. The number of nitrogens with zero attached hydrogens (tertiary/aromatic N) is 3. The lowest BCUT2D eigenvalue weighted by molar-refractivity contribution is -0.141. The fourth-order valence-corrected chi connectivity index (χ4v) is 4.06. The SMILES string of the molecule is Cc1c(-c2c(C(N)=O)nc3cc(F)ccc3c2C(N)=O)c(C(F)(F)F)nn1Cc1ccc(C(N)=O)cc1. The van der Waals surface area contributed by atoms with Gasteiger partial charge in [-0.2, -0.15) is 18.3 Å². The van der Waals surface area contributed by atoms with Crippen LogP contribution >= 0.6 is 0 Å². The van der Waals surface area contributed by atoms with E-state index in [4.69, 9.17) is 17.2 Å². The average molecular weight is 514 g/mol. The summed E-state index contributed by atoms with van der Waals surface area (Å²) in [6.07, 6.45) is -5.03. The van der Waals surface area contributed by atoms with Crippen molar-refractivity contribution in [3.63, 3.8) is 0 Å². The fraction of sp³-hybridized carbons (Fsp3) is 0.125. The van der Waals surface area contributed by atoms with Crippen molar-refractivity contribution in [2.75, 3.05) is 0 Å². The fourth-order valence-electron chi connectivity index (χ4n) is 4.06. The van der Waals surface area contributed by atoms with Gasteiger partial charge < -0.3 is 17.2 Å². The van der Waals surface area contributed by atoms with Crippen molar-refractivity contribution in [1.29, 1.82) is 0 Å². The number of alkyl halides is 3. The highest BCUT2D eigenvalue weighted by molar-refractivity contribution is 6.15. The van der Waals surface area contributed by atoms with E-state index in [1.165, 1.54) is 31.2 Å². The Bertz CT molecular complexity index is 1590. The second kappa shape index (κ2) is 9.00. The molecule has 2 aromatic carbocycles. The molecule has 0 atom stereocenters. The number of rotatable bonds is 6. The van der Waals surface area contributed by atoms with Gasteiger partial charge in [0.05, 0.1) is 17.6 Å². The maximum absolute atomic E-state index is 14.2. The zero-order valence-electron chi connectivity index (χ0n) is 19.1. The first kappa shape index (κ1) is 25.3. The number of nitrogens with two attached hydrogens (primary N) is 3. The summed E-state index contributed by atoms with van der Waals surface area (Å²) in [5.74, 6) is -3.88. The van der Waals surface area contributed by atoms with E-state index in [9.17, 15) is 31.9 Å². The summed E-state index contributed by atoms with van der Waals surface area (Å²) in [6.45, 7) is 1.14. The third kappa shape index (κ3) is 4.58. The van der Waals surface area contributed by atoms with Crippen LogP contribution in [0.5, 0.6) is 0 Å². The zero-order chi connectivity index (χ0) is 27.2. The van der Waals surface area contributed by atoms with Crippen molar-refractivity contribution < 1.29 is 31.9 Å². The number of carbonyl (C=O) groups excluding carboxylic acids is 3. The quantitative estimate of drug-likeness (QED) is 0.337. The van der Waals surface area contributed by atoms with Gasteiger partial charge in [-0.15, -0.1) is 0 Å². The van der Waals surface area contributed by atoms with Crippen LogP contribution in [0.25, 0.3) is 22.0 Å². The maximum atomic E-state index is 14.2. The standard InChI is InChI=1S/C24H18F4N6O3/c1-10-16(18-17(22(30)36)14-7-6-13(25)8-15(14)32-19(18)23(31)37)20(24(26,27)28)33-34(10)9-11-2-4-12(5-3-11)21(29)35/h2-8H,9H2,1H3,(H2,29,35)(H2,30,36)(H2,31,37). The van der Waals surface area contributed by atoms with Crippen LogP contribution in [0.15, 0.2) is 42.5 Å². The maximum Gasteiger partial charge on any atom is 0.435 e. The number of carbonyl (C=O) groups is 3. The molecule has 2 aromatic heterocycles. The number of hydrogen-bond donors (Lipinski definition) is 3. The van der Waals surface area contributed by atoms with Gasteiger partial charge >= 0.3 is 6.18 Å². The molecule has 4 aromatic rings. The van der Waals surface area contributed by atoms with Crippen LogP contribution in [-0.4, -0.2) is 32.5 Å². The Balaban J connectivity index is 2.04. The molecule has 0 unspecified atom stereocenters. The van der Waals surface area contributed by atoms with Crippen molar-refractivity contribution >= 4 is 28.6 Å². The predicted octanol–water partition coefficient (Wildman–Crippen LogP) is 2.91. The molecule has 190 valence electrons. The van der Waals surface area contributed by atoms with Crippen LogP contribution in [0, 0.1) is 12.7 Å². The van der Waals surface area contributed by atoms with Gasteiger partial charge in [-0.25, -0.2) is 9.37 Å². The zero-order valence-corrected chi connectivity index (χ0v) is 19.1. The Morgan fingerprint density at radius 1 is 0.919 bits per heavy atom. The second-order valence-corrected chi connectivity index (χ2v) is 8.13. The Kier molecular flexibility index (Phi) is 6.15. The molecule has 0 saturated carbocycles. The van der Waals surface area contributed by atoms with Gasteiger partial charge in [0.1, 0.15) is 11.5 Å². The van der Waals surface area contributed by atoms with Crippen molar-refractivity contribution in [1.82, 2.24) is 14.8 Å². The minimum Gasteiger partial charge on any atom is -0.366 e. The third-order valence-corrected chi connectivity index (χ3v) is 5.72. The van der Waals surface area contributed by atoms with Crippen molar-refractivity contribution in [2.45, 2.75) is 19.6 Å². The summed E-state index contributed by atoms with van der Waals surface area (Å²) < 4.78 is 57.5. The first-order valence-electron chi connectivity index (χ1n) is 10.6. The molecule has 0 radical (unpaired) electrons. The molecular formula is C24H18F4N6O3. The lowest BCUT2D eigenvalue weighted by Gasteiger charge is -2.16. The summed E-state index contributed by atoms with van der Waals surface area (Å²) in [4.78, 5) is 40.1. The molecule has 0 bridgehead atoms. The minimum absolute atomic E-state index is 0.0729. The highest BCUT2D eigenvalue weighted by Gasteiger charge is 2.41. The van der Waals surface area contributed by atoms with Crippen molar-refractivity contribution in [3.05, 3.63) is 82.1 Å². The summed E-state index contributed by atoms with van der Waals surface area (Å²) in [5.41, 5.74) is 12.8. The molecule has 9 nitrogen and oxygen atoms in total. The first-order chi connectivity index (χ1) is 17.3. The summed E-state index contributed by atoms with van der Waals surface area (Å²) in [6, 6.07) is 8.79. The number of benzene rings is 2. The number of halogens is 4. The summed E-state index contributed by atoms with van der Waals surface area (Å²) >= 11 is 0. The van der Waals surface area contributed by atoms with E-state index in [2.05, 4.69) is 10.1 Å². The number of pyridine rings is 1. The Morgan fingerprint density at radius 3 is 2.11 bits per heavy atom. The van der Waals surface area contributed by atoms with Crippen LogP contribution in [0.1, 0.15) is 48.2 Å². The van der Waals surface area contributed by atoms with E-state index in [0.29, 0.717) is 5.56 Å². The number of aromatic nitrogens is 3. The van der Waals surface area contributed by atoms with E-state index in [1.807, 2.05) is 0 Å². The van der Waals surface area contributed by atoms with Gasteiger partial charge in [0.15, 0.2) is 5.69 Å². The number of hydrogen-bond acceptors (Lipinski definition) is 5. The molecular weight excluding hydrogens is 496 g/mol. The number of fused-ring (bicyclic) bond motifs is 1. The molecule has 6 N–H and O–H groups in total. The summed E-state index contributed by atoms with van der Waals surface area (Å²) in [7, 11) is 0. The molecule has 0 aliphatic heterocycles. The second-order valence-electron chi connectivity index (χ2n) is 8.13. The smallest absolute Gasteiger partial charge is 0.366 e. The highest BCUT2D eigenvalue weighted by atomic mass is 19.4. The summed E-state index contributed by atoms with van der Waals surface area (Å²) in [5, 5.41) is 3.64. The van der Waals surface area contributed by atoms with Crippen LogP contribution in [0.3, 0.4) is 0 Å². The highest BCUT2D eigenvalue weighted by Crippen LogP contribution is 2.42. The molecule has 2 heterocycles. The van der Waals surface area contributed by atoms with Gasteiger partial charge in [0.2, 0.25) is 11.8 Å². The van der Waals surface area contributed by atoms with E-state index in [0.717, 1.165) is 22.9 Å². The van der Waals surface area contributed by atoms with Crippen LogP contribution in [-0.2, 0) is 12.7 Å². The van der Waals surface area contributed by atoms with Crippen molar-refractivity contribution in [2.24, 2.45) is 17.2 Å². The molecule has 13 heteroatoms. The van der Waals surface area contributed by atoms with Gasteiger partial charge in [0, 0.05) is 33.8 Å². The molecule has 0 aliphatic carbocycles. The third-order valence-electron chi connectivity index (χ3n) is 5.72. The lowest BCUT2D eigenvalue weighted by atomic mass is 9.92. The average Bonchev–Trinajstić information content (AvgIpc) is 3.13. The van der Waals surface area contributed by atoms with E-state index in [-0.39, 0.29) is 28.7 Å². The van der Waals surface area contributed by atoms with E-state index in [1.54, 1.807) is 0 Å². The van der Waals surface area contributed by atoms with E-state index < -0.39 is 57.8 Å². The van der Waals surface area contributed by atoms with Crippen LogP contribution in [0.2, 0.25) is 0 Å². The topological polar surface area (TPSA) is 160 Å². The van der Waals surface area contributed by atoms with Crippen molar-refractivity contribution in [3.8, 4) is 11.1 Å². The van der Waals surface area contributed by atoms with E-state index >= 15 is 0 Å². The molecule has 4 rings (SSSR count). The first-order valence-corrected chi connectivity index (χ1v) is 10.6. The molecule has 37 heavy (non-hydrogen) atoms. The number of amides is 3.